The van der Waals surface area contributed by atoms with Crippen molar-refractivity contribution in [2.75, 3.05) is 11.6 Å². The van der Waals surface area contributed by atoms with E-state index in [0.29, 0.717) is 5.69 Å². The van der Waals surface area contributed by atoms with Crippen LogP contribution >= 0.6 is 11.8 Å². The number of rotatable bonds is 3. The number of halogens is 2. The molecule has 0 saturated heterocycles. The maximum absolute atomic E-state index is 14.4. The summed E-state index contributed by atoms with van der Waals surface area (Å²) < 4.78 is 28.7. The van der Waals surface area contributed by atoms with Crippen LogP contribution in [0.25, 0.3) is 0 Å². The predicted molar refractivity (Wildman–Crippen MR) is 77.3 cm³/mol. The van der Waals surface area contributed by atoms with E-state index in [-0.39, 0.29) is 10.6 Å². The van der Waals surface area contributed by atoms with Gasteiger partial charge in [-0.05, 0) is 18.4 Å². The second-order valence-electron chi connectivity index (χ2n) is 4.00. The second-order valence-corrected chi connectivity index (χ2v) is 4.82. The highest BCUT2D eigenvalue weighted by Gasteiger charge is 2.24. The number of benzene rings is 2. The first-order chi connectivity index (χ1) is 10.1. The first-order valence-electron chi connectivity index (χ1n) is 5.85. The molecule has 0 aliphatic rings. The zero-order valence-corrected chi connectivity index (χ0v) is 11.8. The zero-order chi connectivity index (χ0) is 15.4. The lowest BCUT2D eigenvalue weighted by molar-refractivity contribution is 0.575. The van der Waals surface area contributed by atoms with Gasteiger partial charge >= 0.3 is 0 Å². The van der Waals surface area contributed by atoms with E-state index in [4.69, 9.17) is 10.5 Å². The van der Waals surface area contributed by atoms with Crippen LogP contribution in [0.15, 0.2) is 35.2 Å². The zero-order valence-electron chi connectivity index (χ0n) is 10.9. The molecule has 0 atom stereocenters. The topological polar surface area (TPSA) is 59.6 Å². The predicted octanol–water partition coefficient (Wildman–Crippen LogP) is 4.17. The number of nitriles is 2. The summed E-state index contributed by atoms with van der Waals surface area (Å²) >= 11 is 0.966. The lowest BCUT2D eigenvalue weighted by Gasteiger charge is -2.14. The van der Waals surface area contributed by atoms with Crippen LogP contribution in [-0.4, -0.2) is 6.26 Å². The molecular formula is C15H9F2N3S. The lowest BCUT2D eigenvalue weighted by Crippen LogP contribution is -2.04. The molecular weight excluding hydrogens is 292 g/mol. The van der Waals surface area contributed by atoms with Gasteiger partial charge in [0.2, 0.25) is 0 Å². The molecule has 0 fully saturated rings. The van der Waals surface area contributed by atoms with Crippen LogP contribution in [0.5, 0.6) is 0 Å². The highest BCUT2D eigenvalue weighted by Crippen LogP contribution is 2.37. The summed E-state index contributed by atoms with van der Waals surface area (Å²) in [6.45, 7) is 0. The van der Waals surface area contributed by atoms with Gasteiger partial charge < -0.3 is 5.32 Å². The number of hydrogen-bond donors (Lipinski definition) is 1. The van der Waals surface area contributed by atoms with Crippen molar-refractivity contribution >= 4 is 23.1 Å². The average molecular weight is 301 g/mol. The summed E-state index contributed by atoms with van der Waals surface area (Å²) in [7, 11) is 0. The van der Waals surface area contributed by atoms with Crippen LogP contribution < -0.4 is 5.32 Å². The minimum absolute atomic E-state index is 0.0353. The summed E-state index contributed by atoms with van der Waals surface area (Å²) in [6, 6.07) is 11.7. The maximum atomic E-state index is 14.4. The van der Waals surface area contributed by atoms with Gasteiger partial charge in [-0.1, -0.05) is 18.2 Å². The van der Waals surface area contributed by atoms with Crippen molar-refractivity contribution in [3.63, 3.8) is 0 Å². The Kier molecular flexibility index (Phi) is 4.42. The number of anilines is 2. The van der Waals surface area contributed by atoms with Crippen LogP contribution in [-0.2, 0) is 0 Å². The Balaban J connectivity index is 2.69. The molecule has 2 aromatic rings. The van der Waals surface area contributed by atoms with Gasteiger partial charge in [-0.25, -0.2) is 8.78 Å². The number of para-hydroxylation sites is 1. The first-order valence-corrected chi connectivity index (χ1v) is 7.07. The summed E-state index contributed by atoms with van der Waals surface area (Å²) in [4.78, 5) is -0.0353. The quantitative estimate of drug-likeness (QED) is 0.864. The molecule has 2 rings (SSSR count). The highest BCUT2D eigenvalue weighted by atomic mass is 32.2. The Morgan fingerprint density at radius 3 is 2.10 bits per heavy atom. The second kappa shape index (κ2) is 6.25. The summed E-state index contributed by atoms with van der Waals surface area (Å²) in [6.07, 6.45) is 1.57. The molecule has 2 aromatic carbocycles. The standard InChI is InChI=1S/C15H9F2N3S/c1-21-15-13(17)11(8-19)10(7-18)12(16)14(15)20-9-5-3-2-4-6-9/h2-6,20H,1H3. The van der Waals surface area contributed by atoms with Gasteiger partial charge in [0.25, 0.3) is 0 Å². The summed E-state index contributed by atoms with van der Waals surface area (Å²) in [5.74, 6) is -1.81. The molecule has 6 heteroatoms. The minimum atomic E-state index is -0.927. The third-order valence-corrected chi connectivity index (χ3v) is 3.60. The van der Waals surface area contributed by atoms with Gasteiger partial charge in [0.15, 0.2) is 11.6 Å². The molecule has 0 aliphatic carbocycles. The van der Waals surface area contributed by atoms with Crippen molar-refractivity contribution in [1.29, 1.82) is 10.5 Å². The normalized spacial score (nSPS) is 9.76. The summed E-state index contributed by atoms with van der Waals surface area (Å²) in [5, 5.41) is 20.6. The van der Waals surface area contributed by atoms with Crippen molar-refractivity contribution in [2.24, 2.45) is 0 Å². The monoisotopic (exact) mass is 301 g/mol. The molecule has 0 amide bonds. The van der Waals surface area contributed by atoms with Gasteiger partial charge in [-0.15, -0.1) is 11.8 Å². The highest BCUT2D eigenvalue weighted by molar-refractivity contribution is 7.98. The lowest BCUT2D eigenvalue weighted by atomic mass is 10.1. The third kappa shape index (κ3) is 2.67. The van der Waals surface area contributed by atoms with E-state index < -0.39 is 22.8 Å². The summed E-state index contributed by atoms with van der Waals surface area (Å²) in [5.41, 5.74) is -0.745. The van der Waals surface area contributed by atoms with Crippen LogP contribution in [0.1, 0.15) is 11.1 Å². The molecule has 0 aromatic heterocycles. The largest absolute Gasteiger partial charge is 0.352 e. The first kappa shape index (κ1) is 14.8. The number of nitrogens with one attached hydrogen (secondary N) is 1. The molecule has 0 bridgehead atoms. The van der Waals surface area contributed by atoms with E-state index in [1.807, 2.05) is 0 Å². The number of thioether (sulfide) groups is 1. The Morgan fingerprint density at radius 1 is 1.00 bits per heavy atom. The maximum Gasteiger partial charge on any atom is 0.167 e. The fourth-order valence-electron chi connectivity index (χ4n) is 1.85. The Hall–Kier alpha value is -2.57. The van der Waals surface area contributed by atoms with E-state index >= 15 is 0 Å². The Morgan fingerprint density at radius 2 is 1.57 bits per heavy atom. The van der Waals surface area contributed by atoms with Crippen molar-refractivity contribution in [2.45, 2.75) is 4.90 Å². The van der Waals surface area contributed by atoms with Gasteiger partial charge in [0, 0.05) is 5.69 Å². The van der Waals surface area contributed by atoms with Crippen LogP contribution in [0.3, 0.4) is 0 Å². The molecule has 0 radical (unpaired) electrons. The van der Waals surface area contributed by atoms with Crippen molar-refractivity contribution in [3.8, 4) is 12.1 Å². The minimum Gasteiger partial charge on any atom is -0.352 e. The third-order valence-electron chi connectivity index (χ3n) is 2.81. The molecule has 0 unspecified atom stereocenters. The van der Waals surface area contributed by atoms with Gasteiger partial charge in [0.05, 0.1) is 10.6 Å². The average Bonchev–Trinajstić information content (AvgIpc) is 2.51. The SMILES string of the molecule is CSc1c(F)c(C#N)c(C#N)c(F)c1Nc1ccccc1. The molecule has 0 aliphatic heterocycles. The molecule has 3 nitrogen and oxygen atoms in total. The van der Waals surface area contributed by atoms with E-state index in [0.717, 1.165) is 11.8 Å². The van der Waals surface area contributed by atoms with E-state index in [1.165, 1.54) is 0 Å². The molecule has 0 saturated carbocycles. The fraction of sp³-hybridized carbons (Fsp3) is 0.0667. The van der Waals surface area contributed by atoms with E-state index in [9.17, 15) is 8.78 Å². The number of hydrogen-bond acceptors (Lipinski definition) is 4. The van der Waals surface area contributed by atoms with E-state index in [1.54, 1.807) is 48.7 Å². The van der Waals surface area contributed by atoms with E-state index in [2.05, 4.69) is 5.32 Å². The molecule has 104 valence electrons. The molecule has 0 spiro atoms. The van der Waals surface area contributed by atoms with Gasteiger partial charge in [-0.2, -0.15) is 10.5 Å². The fourth-order valence-corrected chi connectivity index (χ4v) is 2.47. The van der Waals surface area contributed by atoms with Gasteiger partial charge in [-0.3, -0.25) is 0 Å². The molecule has 0 heterocycles. The number of nitrogens with zero attached hydrogens (tertiary/aromatic N) is 2. The van der Waals surface area contributed by atoms with Crippen LogP contribution in [0, 0.1) is 34.3 Å². The van der Waals surface area contributed by atoms with Crippen molar-refractivity contribution in [3.05, 3.63) is 53.1 Å². The van der Waals surface area contributed by atoms with Crippen molar-refractivity contribution in [1.82, 2.24) is 0 Å². The molecule has 21 heavy (non-hydrogen) atoms. The smallest absolute Gasteiger partial charge is 0.167 e. The van der Waals surface area contributed by atoms with Crippen LogP contribution in [0.2, 0.25) is 0 Å². The Labute approximate surface area is 124 Å². The van der Waals surface area contributed by atoms with Crippen molar-refractivity contribution < 1.29 is 8.78 Å². The Bertz CT molecular complexity index is 758. The van der Waals surface area contributed by atoms with Crippen LogP contribution in [0.4, 0.5) is 20.2 Å². The van der Waals surface area contributed by atoms with Gasteiger partial charge in [0.1, 0.15) is 23.3 Å². The molecule has 1 N–H and O–H groups in total.